The first-order chi connectivity index (χ1) is 17.2. The van der Waals surface area contributed by atoms with E-state index in [1.807, 2.05) is 13.8 Å². The van der Waals surface area contributed by atoms with Gasteiger partial charge in [0.2, 0.25) is 5.91 Å². The Morgan fingerprint density at radius 3 is 2.53 bits per heavy atom. The van der Waals surface area contributed by atoms with Crippen LogP contribution in [-0.2, 0) is 22.5 Å². The minimum absolute atomic E-state index is 0.0688. The lowest BCUT2D eigenvalue weighted by Gasteiger charge is -2.16. The number of amides is 2. The number of carbonyl (C=O) groups excluding carboxylic acids is 2. The highest BCUT2D eigenvalue weighted by Gasteiger charge is 2.23. The zero-order chi connectivity index (χ0) is 26.2. The van der Waals surface area contributed by atoms with Gasteiger partial charge >= 0.3 is 0 Å². The standard InChI is InChI=1S/C26H31FN4O5/c1-16(2)36-12-4-9-29-25(34)22-24(33)23-21(31(26(22)35)11-10-28-17(3)32)14-19(15-30-23)13-18-5-7-20(27)8-6-18/h5-8,14-16,33H,4,9-13H2,1-3H3,(H,28,32)(H,29,34). The molecule has 10 heteroatoms. The third-order valence-corrected chi connectivity index (χ3v) is 5.45. The summed E-state index contributed by atoms with van der Waals surface area (Å²) in [5, 5.41) is 16.1. The van der Waals surface area contributed by atoms with Crippen LogP contribution in [0.4, 0.5) is 4.39 Å². The maximum absolute atomic E-state index is 13.3. The Bertz CT molecular complexity index is 1290. The molecule has 2 amide bonds. The van der Waals surface area contributed by atoms with E-state index in [9.17, 15) is 23.9 Å². The van der Waals surface area contributed by atoms with Crippen LogP contribution >= 0.6 is 0 Å². The van der Waals surface area contributed by atoms with Crippen LogP contribution in [0.5, 0.6) is 5.75 Å². The molecule has 3 rings (SSSR count). The Balaban J connectivity index is 1.95. The van der Waals surface area contributed by atoms with E-state index in [-0.39, 0.29) is 43.0 Å². The number of halogens is 1. The average Bonchev–Trinajstić information content (AvgIpc) is 2.82. The zero-order valence-corrected chi connectivity index (χ0v) is 20.6. The monoisotopic (exact) mass is 498 g/mol. The molecule has 0 aliphatic carbocycles. The summed E-state index contributed by atoms with van der Waals surface area (Å²) in [6, 6.07) is 7.73. The lowest BCUT2D eigenvalue weighted by Crippen LogP contribution is -2.36. The third-order valence-electron chi connectivity index (χ3n) is 5.45. The molecule has 2 heterocycles. The van der Waals surface area contributed by atoms with E-state index in [1.165, 1.54) is 23.6 Å². The van der Waals surface area contributed by atoms with Crippen LogP contribution in [0.2, 0.25) is 0 Å². The van der Waals surface area contributed by atoms with E-state index < -0.39 is 22.8 Å². The fourth-order valence-electron chi connectivity index (χ4n) is 3.73. The van der Waals surface area contributed by atoms with Crippen molar-refractivity contribution in [2.24, 2.45) is 0 Å². The minimum Gasteiger partial charge on any atom is -0.505 e. The van der Waals surface area contributed by atoms with Crippen LogP contribution in [0.3, 0.4) is 0 Å². The first-order valence-corrected chi connectivity index (χ1v) is 11.8. The van der Waals surface area contributed by atoms with Gasteiger partial charge in [-0.1, -0.05) is 12.1 Å². The molecule has 0 aliphatic rings. The summed E-state index contributed by atoms with van der Waals surface area (Å²) in [6.07, 6.45) is 2.57. The van der Waals surface area contributed by atoms with Crippen molar-refractivity contribution < 1.29 is 23.8 Å². The Labute approximate surface area is 208 Å². The van der Waals surface area contributed by atoms with Gasteiger partial charge in [-0.15, -0.1) is 0 Å². The van der Waals surface area contributed by atoms with Gasteiger partial charge in [-0.2, -0.15) is 0 Å². The van der Waals surface area contributed by atoms with Crippen molar-refractivity contribution in [3.63, 3.8) is 0 Å². The topological polar surface area (TPSA) is 123 Å². The fourth-order valence-corrected chi connectivity index (χ4v) is 3.73. The number of benzene rings is 1. The van der Waals surface area contributed by atoms with Crippen molar-refractivity contribution in [1.29, 1.82) is 0 Å². The third kappa shape index (κ3) is 6.88. The predicted molar refractivity (Wildman–Crippen MR) is 134 cm³/mol. The minimum atomic E-state index is -0.714. The highest BCUT2D eigenvalue weighted by atomic mass is 19.1. The number of aromatic hydroxyl groups is 1. The molecule has 3 N–H and O–H groups in total. The van der Waals surface area contributed by atoms with E-state index in [0.29, 0.717) is 25.0 Å². The molecule has 3 aromatic rings. The molecule has 0 bridgehead atoms. The molecular weight excluding hydrogens is 467 g/mol. The van der Waals surface area contributed by atoms with Crippen LogP contribution in [0, 0.1) is 5.82 Å². The number of pyridine rings is 2. The van der Waals surface area contributed by atoms with Crippen molar-refractivity contribution in [2.75, 3.05) is 19.7 Å². The second-order valence-electron chi connectivity index (χ2n) is 8.71. The molecule has 0 spiro atoms. The smallest absolute Gasteiger partial charge is 0.267 e. The molecule has 36 heavy (non-hydrogen) atoms. The fraction of sp³-hybridized carbons (Fsp3) is 0.385. The van der Waals surface area contributed by atoms with Crippen molar-refractivity contribution in [2.45, 2.75) is 46.3 Å². The van der Waals surface area contributed by atoms with Gasteiger partial charge < -0.3 is 25.0 Å². The van der Waals surface area contributed by atoms with Gasteiger partial charge in [-0.3, -0.25) is 19.4 Å². The number of rotatable bonds is 11. The van der Waals surface area contributed by atoms with Gasteiger partial charge in [0.1, 0.15) is 16.9 Å². The Kier molecular flexibility index (Phi) is 9.13. The molecule has 0 unspecified atom stereocenters. The molecule has 0 saturated heterocycles. The van der Waals surface area contributed by atoms with Gasteiger partial charge in [0, 0.05) is 39.4 Å². The molecule has 0 fully saturated rings. The number of fused-ring (bicyclic) bond motifs is 1. The van der Waals surface area contributed by atoms with Crippen molar-refractivity contribution in [3.05, 3.63) is 69.4 Å². The van der Waals surface area contributed by atoms with Gasteiger partial charge in [-0.25, -0.2) is 4.39 Å². The molecule has 0 saturated carbocycles. The highest BCUT2D eigenvalue weighted by molar-refractivity contribution is 6.01. The van der Waals surface area contributed by atoms with E-state index in [2.05, 4.69) is 15.6 Å². The van der Waals surface area contributed by atoms with Crippen LogP contribution in [0.25, 0.3) is 11.0 Å². The molecule has 1 aromatic carbocycles. The Morgan fingerprint density at radius 2 is 1.86 bits per heavy atom. The predicted octanol–water partition coefficient (Wildman–Crippen LogP) is 2.51. The summed E-state index contributed by atoms with van der Waals surface area (Å²) in [7, 11) is 0. The van der Waals surface area contributed by atoms with Crippen molar-refractivity contribution in [1.82, 2.24) is 20.2 Å². The molecule has 9 nitrogen and oxygen atoms in total. The Morgan fingerprint density at radius 1 is 1.14 bits per heavy atom. The number of hydrogen-bond donors (Lipinski definition) is 3. The lowest BCUT2D eigenvalue weighted by atomic mass is 10.1. The first-order valence-electron chi connectivity index (χ1n) is 11.8. The number of nitrogens with one attached hydrogen (secondary N) is 2. The quantitative estimate of drug-likeness (QED) is 0.349. The number of ether oxygens (including phenoxy) is 1. The first kappa shape index (κ1) is 26.8. The summed E-state index contributed by atoms with van der Waals surface area (Å²) >= 11 is 0. The van der Waals surface area contributed by atoms with Gasteiger partial charge in [0.05, 0.1) is 11.6 Å². The number of aromatic nitrogens is 2. The maximum Gasteiger partial charge on any atom is 0.267 e. The van der Waals surface area contributed by atoms with Crippen molar-refractivity contribution in [3.8, 4) is 5.75 Å². The zero-order valence-electron chi connectivity index (χ0n) is 20.6. The van der Waals surface area contributed by atoms with Crippen LogP contribution in [0.15, 0.2) is 41.3 Å². The second-order valence-corrected chi connectivity index (χ2v) is 8.71. The maximum atomic E-state index is 13.3. The van der Waals surface area contributed by atoms with Gasteiger partial charge in [0.15, 0.2) is 5.75 Å². The summed E-state index contributed by atoms with van der Waals surface area (Å²) < 4.78 is 20.0. The average molecular weight is 499 g/mol. The number of nitrogens with zero attached hydrogens (tertiary/aromatic N) is 2. The summed E-state index contributed by atoms with van der Waals surface area (Å²) in [5.74, 6) is -1.82. The molecule has 0 aliphatic heterocycles. The van der Waals surface area contributed by atoms with Crippen LogP contribution in [-0.4, -0.2) is 52.3 Å². The van der Waals surface area contributed by atoms with E-state index in [4.69, 9.17) is 4.74 Å². The van der Waals surface area contributed by atoms with Gasteiger partial charge in [-0.05, 0) is 56.0 Å². The SMILES string of the molecule is CC(=O)NCCn1c(=O)c(C(=O)NCCCOC(C)C)c(O)c2ncc(Cc3ccc(F)cc3)cc21. The normalized spacial score (nSPS) is 11.1. The largest absolute Gasteiger partial charge is 0.505 e. The van der Waals surface area contributed by atoms with Crippen molar-refractivity contribution >= 4 is 22.8 Å². The molecular formula is C26H31FN4O5. The summed E-state index contributed by atoms with van der Waals surface area (Å²) in [5.41, 5.74) is 0.878. The van der Waals surface area contributed by atoms with E-state index >= 15 is 0 Å². The summed E-state index contributed by atoms with van der Waals surface area (Å²) in [6.45, 7) is 6.10. The Hall–Kier alpha value is -3.79. The second kappa shape index (κ2) is 12.3. The van der Waals surface area contributed by atoms with E-state index in [0.717, 1.165) is 11.1 Å². The van der Waals surface area contributed by atoms with E-state index in [1.54, 1.807) is 24.4 Å². The molecule has 0 radical (unpaired) electrons. The summed E-state index contributed by atoms with van der Waals surface area (Å²) in [4.78, 5) is 41.9. The molecule has 2 aromatic heterocycles. The lowest BCUT2D eigenvalue weighted by molar-refractivity contribution is -0.118. The van der Waals surface area contributed by atoms with Crippen LogP contribution in [0.1, 0.15) is 48.7 Å². The number of hydrogen-bond acceptors (Lipinski definition) is 6. The molecule has 192 valence electrons. The number of carbonyl (C=O) groups is 2. The molecule has 0 atom stereocenters. The van der Waals surface area contributed by atoms with Gasteiger partial charge in [0.25, 0.3) is 11.5 Å². The highest BCUT2D eigenvalue weighted by Crippen LogP contribution is 2.26. The van der Waals surface area contributed by atoms with Crippen LogP contribution < -0.4 is 16.2 Å².